The summed E-state index contributed by atoms with van der Waals surface area (Å²) in [6.07, 6.45) is 1.07. The monoisotopic (exact) mass is 398 g/mol. The van der Waals surface area contributed by atoms with Crippen LogP contribution >= 0.6 is 0 Å². The van der Waals surface area contributed by atoms with E-state index in [-0.39, 0.29) is 17.2 Å². The fourth-order valence-corrected chi connectivity index (χ4v) is 2.64. The Morgan fingerprint density at radius 2 is 1.83 bits per heavy atom. The fraction of sp³-hybridized carbons (Fsp3) is 0.125. The van der Waals surface area contributed by atoms with Crippen molar-refractivity contribution in [2.75, 3.05) is 5.43 Å². The van der Waals surface area contributed by atoms with Gasteiger partial charge in [-0.05, 0) is 26.0 Å². The number of nitrogens with zero attached hydrogens (tertiary/aromatic N) is 6. The van der Waals surface area contributed by atoms with Crippen LogP contribution in [0.4, 0.5) is 17.2 Å². The Hall–Kier alpha value is -4.42. The number of hydrogen-bond acceptors (Lipinski definition) is 9. The van der Waals surface area contributed by atoms with Crippen molar-refractivity contribution in [1.29, 1.82) is 0 Å². The van der Waals surface area contributed by atoms with Crippen molar-refractivity contribution in [3.63, 3.8) is 0 Å². The van der Waals surface area contributed by atoms with Gasteiger partial charge < -0.3 is 0 Å². The number of nitro groups is 2. The molecule has 0 unspecified atom stereocenters. The summed E-state index contributed by atoms with van der Waals surface area (Å²) in [6, 6.07) is 7.01. The van der Waals surface area contributed by atoms with E-state index in [1.807, 2.05) is 0 Å². The molecule has 0 aliphatic carbocycles. The smallest absolute Gasteiger partial charge is 0.276 e. The summed E-state index contributed by atoms with van der Waals surface area (Å²) in [5.74, 6) is -1.27. The normalized spacial score (nSPS) is 10.4. The molecule has 2 aromatic heterocycles. The summed E-state index contributed by atoms with van der Waals surface area (Å²) in [5, 5.41) is 26.9. The standard InChI is InChI=1S/C16H14N8O5/c1-9-7-10(2)22(21-9)15-13(24(28)29)14(17-8-18-15)19-20-16(25)11-5-3-4-6-12(11)23(26)27/h3-8H,1-2H3,(H,20,25)(H,17,18,19). The van der Waals surface area contributed by atoms with Gasteiger partial charge in [0.25, 0.3) is 11.6 Å². The number of aromatic nitrogens is 4. The summed E-state index contributed by atoms with van der Waals surface area (Å²) >= 11 is 0. The number of anilines is 1. The SMILES string of the molecule is Cc1cc(C)n(-c2ncnc(NNC(=O)c3ccccc3[N+](=O)[O-])c2[N+](=O)[O-])n1. The molecule has 0 bridgehead atoms. The number of nitro benzene ring substituents is 1. The zero-order valence-corrected chi connectivity index (χ0v) is 15.2. The summed E-state index contributed by atoms with van der Waals surface area (Å²) in [6.45, 7) is 3.43. The molecule has 3 aromatic rings. The summed E-state index contributed by atoms with van der Waals surface area (Å²) in [5.41, 5.74) is 4.61. The first-order valence-corrected chi connectivity index (χ1v) is 8.12. The third-order valence-electron chi connectivity index (χ3n) is 3.84. The van der Waals surface area contributed by atoms with E-state index in [2.05, 4.69) is 25.9 Å². The van der Waals surface area contributed by atoms with E-state index in [1.165, 1.54) is 28.9 Å². The number of aryl methyl sites for hydroxylation is 2. The van der Waals surface area contributed by atoms with Crippen molar-refractivity contribution in [3.05, 3.63) is 73.8 Å². The van der Waals surface area contributed by atoms with Gasteiger partial charge in [-0.1, -0.05) is 12.1 Å². The van der Waals surface area contributed by atoms with Gasteiger partial charge in [0.15, 0.2) is 0 Å². The molecule has 13 nitrogen and oxygen atoms in total. The highest BCUT2D eigenvalue weighted by molar-refractivity contribution is 5.98. The second-order valence-corrected chi connectivity index (χ2v) is 5.84. The van der Waals surface area contributed by atoms with Crippen LogP contribution in [0, 0.1) is 34.1 Å². The molecule has 2 N–H and O–H groups in total. The van der Waals surface area contributed by atoms with Crippen LogP contribution in [0.2, 0.25) is 0 Å². The van der Waals surface area contributed by atoms with Crippen molar-refractivity contribution < 1.29 is 14.6 Å². The molecule has 0 spiro atoms. The predicted molar refractivity (Wildman–Crippen MR) is 99.5 cm³/mol. The summed E-state index contributed by atoms with van der Waals surface area (Å²) < 4.78 is 1.28. The minimum Gasteiger partial charge on any atom is -0.276 e. The average Bonchev–Trinajstić information content (AvgIpc) is 3.03. The highest BCUT2D eigenvalue weighted by atomic mass is 16.6. The molecule has 0 saturated heterocycles. The lowest BCUT2D eigenvalue weighted by atomic mass is 10.2. The molecular formula is C16H14N8O5. The maximum Gasteiger partial charge on any atom is 0.357 e. The van der Waals surface area contributed by atoms with Gasteiger partial charge in [-0.25, -0.2) is 14.6 Å². The zero-order valence-electron chi connectivity index (χ0n) is 15.2. The van der Waals surface area contributed by atoms with Gasteiger partial charge in [0.05, 0.1) is 15.5 Å². The molecular weight excluding hydrogens is 384 g/mol. The number of carbonyl (C=O) groups excluding carboxylic acids is 1. The molecule has 0 aliphatic rings. The molecule has 29 heavy (non-hydrogen) atoms. The Morgan fingerprint density at radius 3 is 2.45 bits per heavy atom. The molecule has 13 heteroatoms. The summed E-state index contributed by atoms with van der Waals surface area (Å²) in [7, 11) is 0. The molecule has 0 saturated carbocycles. The van der Waals surface area contributed by atoms with Crippen molar-refractivity contribution >= 4 is 23.1 Å². The fourth-order valence-electron chi connectivity index (χ4n) is 2.64. The molecule has 0 radical (unpaired) electrons. The average molecular weight is 398 g/mol. The van der Waals surface area contributed by atoms with E-state index in [1.54, 1.807) is 19.9 Å². The number of hydrazine groups is 1. The summed E-state index contributed by atoms with van der Waals surface area (Å²) in [4.78, 5) is 41.3. The molecule has 0 aliphatic heterocycles. The third kappa shape index (κ3) is 3.83. The Morgan fingerprint density at radius 1 is 1.10 bits per heavy atom. The predicted octanol–water partition coefficient (Wildman–Crippen LogP) is 1.85. The number of benzene rings is 1. The van der Waals surface area contributed by atoms with Gasteiger partial charge in [0, 0.05) is 11.8 Å². The molecule has 0 atom stereocenters. The van der Waals surface area contributed by atoms with Gasteiger partial charge >= 0.3 is 5.69 Å². The van der Waals surface area contributed by atoms with Crippen molar-refractivity contribution in [2.24, 2.45) is 0 Å². The van der Waals surface area contributed by atoms with Crippen molar-refractivity contribution in [3.8, 4) is 5.82 Å². The quantitative estimate of drug-likeness (QED) is 0.464. The molecule has 148 valence electrons. The highest BCUT2D eigenvalue weighted by Crippen LogP contribution is 2.28. The third-order valence-corrected chi connectivity index (χ3v) is 3.84. The van der Waals surface area contributed by atoms with Crippen LogP contribution in [0.1, 0.15) is 21.7 Å². The number of para-hydroxylation sites is 1. The number of carbonyl (C=O) groups is 1. The van der Waals surface area contributed by atoms with Crippen LogP contribution in [-0.4, -0.2) is 35.5 Å². The van der Waals surface area contributed by atoms with E-state index in [0.717, 1.165) is 6.33 Å². The second-order valence-electron chi connectivity index (χ2n) is 5.84. The van der Waals surface area contributed by atoms with Gasteiger partial charge in [-0.2, -0.15) is 5.10 Å². The molecule has 0 fully saturated rings. The second kappa shape index (κ2) is 7.67. The first-order valence-electron chi connectivity index (χ1n) is 8.12. The lowest BCUT2D eigenvalue weighted by Crippen LogP contribution is -2.31. The number of hydrogen-bond donors (Lipinski definition) is 2. The van der Waals surface area contributed by atoms with Crippen LogP contribution in [0.5, 0.6) is 0 Å². The van der Waals surface area contributed by atoms with E-state index in [4.69, 9.17) is 0 Å². The number of rotatable bonds is 6. The minimum atomic E-state index is -0.863. The highest BCUT2D eigenvalue weighted by Gasteiger charge is 2.27. The number of amides is 1. The Bertz CT molecular complexity index is 1130. The van der Waals surface area contributed by atoms with Crippen LogP contribution in [0.3, 0.4) is 0 Å². The van der Waals surface area contributed by atoms with E-state index >= 15 is 0 Å². The van der Waals surface area contributed by atoms with Crippen LogP contribution in [-0.2, 0) is 0 Å². The van der Waals surface area contributed by atoms with Gasteiger partial charge in [0.1, 0.15) is 11.9 Å². The largest absolute Gasteiger partial charge is 0.357 e. The molecule has 2 heterocycles. The van der Waals surface area contributed by atoms with Crippen LogP contribution in [0.25, 0.3) is 5.82 Å². The topological polar surface area (TPSA) is 171 Å². The zero-order chi connectivity index (χ0) is 21.1. The number of nitrogens with one attached hydrogen (secondary N) is 2. The Labute approximate surface area is 162 Å². The minimum absolute atomic E-state index is 0.0990. The first-order chi connectivity index (χ1) is 13.8. The van der Waals surface area contributed by atoms with Crippen molar-refractivity contribution in [2.45, 2.75) is 13.8 Å². The Kier molecular flexibility index (Phi) is 5.12. The maximum atomic E-state index is 12.3. The molecule has 3 rings (SSSR count). The maximum absolute atomic E-state index is 12.3. The first kappa shape index (κ1) is 19.3. The lowest BCUT2D eigenvalue weighted by Gasteiger charge is -2.10. The van der Waals surface area contributed by atoms with Crippen LogP contribution in [0.15, 0.2) is 36.7 Å². The van der Waals surface area contributed by atoms with Gasteiger partial charge in [-0.3, -0.25) is 35.9 Å². The molecule has 1 amide bonds. The van der Waals surface area contributed by atoms with E-state index < -0.39 is 27.1 Å². The van der Waals surface area contributed by atoms with Gasteiger partial charge in [-0.15, -0.1) is 0 Å². The van der Waals surface area contributed by atoms with Gasteiger partial charge in [0.2, 0.25) is 11.6 Å². The van der Waals surface area contributed by atoms with Crippen molar-refractivity contribution in [1.82, 2.24) is 25.2 Å². The van der Waals surface area contributed by atoms with E-state index in [9.17, 15) is 25.0 Å². The van der Waals surface area contributed by atoms with E-state index in [0.29, 0.717) is 11.4 Å². The lowest BCUT2D eigenvalue weighted by molar-refractivity contribution is -0.385. The Balaban J connectivity index is 1.94. The van der Waals surface area contributed by atoms with Crippen LogP contribution < -0.4 is 10.9 Å². The molecule has 1 aromatic carbocycles.